The second-order valence-electron chi connectivity index (χ2n) is 9.81. The fourth-order valence-electron chi connectivity index (χ4n) is 3.43. The molecule has 0 fully saturated rings. The van der Waals surface area contributed by atoms with E-state index in [1.165, 1.54) is 6.08 Å². The van der Waals surface area contributed by atoms with Gasteiger partial charge >= 0.3 is 11.9 Å². The molecule has 0 spiro atoms. The average Bonchev–Trinajstić information content (AvgIpc) is 3.03. The first-order chi connectivity index (χ1) is 14.8. The highest BCUT2D eigenvalue weighted by Gasteiger charge is 2.43. The van der Waals surface area contributed by atoms with E-state index in [0.717, 1.165) is 11.1 Å². The van der Waals surface area contributed by atoms with Gasteiger partial charge in [0.15, 0.2) is 0 Å². The third-order valence-corrected chi connectivity index (χ3v) is 4.63. The summed E-state index contributed by atoms with van der Waals surface area (Å²) in [4.78, 5) is 25.2. The first-order valence-corrected chi connectivity index (χ1v) is 10.6. The van der Waals surface area contributed by atoms with Crippen LogP contribution in [0.5, 0.6) is 11.5 Å². The molecule has 2 aromatic carbocycles. The Labute approximate surface area is 188 Å². The van der Waals surface area contributed by atoms with Gasteiger partial charge in [0.05, 0.1) is 0 Å². The lowest BCUT2D eigenvalue weighted by atomic mass is 9.90. The molecule has 1 N–H and O–H groups in total. The number of fused-ring (bicyclic) bond motifs is 1. The van der Waals surface area contributed by atoms with Crippen molar-refractivity contribution in [3.63, 3.8) is 0 Å². The molecule has 0 saturated carbocycles. The van der Waals surface area contributed by atoms with Crippen LogP contribution in [0.3, 0.4) is 0 Å². The molecule has 0 radical (unpaired) electrons. The Morgan fingerprint density at radius 1 is 0.938 bits per heavy atom. The van der Waals surface area contributed by atoms with Crippen LogP contribution < -0.4 is 4.74 Å². The molecule has 3 rings (SSSR count). The van der Waals surface area contributed by atoms with Gasteiger partial charge in [-0.25, -0.2) is 4.79 Å². The molecule has 6 nitrogen and oxygen atoms in total. The number of carbonyl (C=O) groups is 2. The van der Waals surface area contributed by atoms with E-state index in [1.54, 1.807) is 57.2 Å². The Morgan fingerprint density at radius 3 is 2.16 bits per heavy atom. The maximum absolute atomic E-state index is 13.2. The summed E-state index contributed by atoms with van der Waals surface area (Å²) in [6, 6.07) is 12.0. The molecule has 6 heteroatoms. The van der Waals surface area contributed by atoms with Crippen LogP contribution >= 0.6 is 0 Å². The lowest BCUT2D eigenvalue weighted by molar-refractivity contribution is -0.158. The summed E-state index contributed by atoms with van der Waals surface area (Å²) in [5.74, 6) is -0.827. The van der Waals surface area contributed by atoms with Crippen molar-refractivity contribution in [2.75, 3.05) is 0 Å². The highest BCUT2D eigenvalue weighted by molar-refractivity contribution is 5.88. The molecule has 0 aromatic heterocycles. The summed E-state index contributed by atoms with van der Waals surface area (Å²) < 4.78 is 17.1. The fraction of sp³-hybridized carbons (Fsp3) is 0.385. The topological polar surface area (TPSA) is 82.1 Å². The van der Waals surface area contributed by atoms with Crippen LogP contribution in [0.15, 0.2) is 48.5 Å². The molecule has 2 aromatic rings. The van der Waals surface area contributed by atoms with Crippen molar-refractivity contribution in [3.05, 3.63) is 65.2 Å². The Balaban J connectivity index is 1.94. The maximum Gasteiger partial charge on any atom is 0.331 e. The lowest BCUT2D eigenvalue weighted by Gasteiger charge is -2.24. The summed E-state index contributed by atoms with van der Waals surface area (Å²) in [6.07, 6.45) is 2.42. The summed E-state index contributed by atoms with van der Waals surface area (Å²) in [6.45, 7) is 10.9. The number of phenolic OH excluding ortho intramolecular Hbond substituents is 1. The zero-order chi connectivity index (χ0) is 23.7. The molecular weight excluding hydrogens is 408 g/mol. The van der Waals surface area contributed by atoms with Crippen LogP contribution in [0.4, 0.5) is 0 Å². The number of rotatable bonds is 4. The number of esters is 2. The molecule has 1 heterocycles. The minimum Gasteiger partial charge on any atom is -0.508 e. The van der Waals surface area contributed by atoms with Crippen molar-refractivity contribution in [1.82, 2.24) is 0 Å². The highest BCUT2D eigenvalue weighted by Crippen LogP contribution is 2.47. The minimum atomic E-state index is -0.691. The van der Waals surface area contributed by atoms with Gasteiger partial charge in [0.2, 0.25) is 0 Å². The van der Waals surface area contributed by atoms with E-state index < -0.39 is 35.2 Å². The number of benzene rings is 2. The Bertz CT molecular complexity index is 1020. The van der Waals surface area contributed by atoms with Crippen molar-refractivity contribution in [1.29, 1.82) is 0 Å². The first kappa shape index (κ1) is 23.4. The largest absolute Gasteiger partial charge is 0.508 e. The van der Waals surface area contributed by atoms with Crippen molar-refractivity contribution in [3.8, 4) is 11.5 Å². The molecule has 170 valence electrons. The molecule has 0 bridgehead atoms. The zero-order valence-corrected chi connectivity index (χ0v) is 19.3. The first-order valence-electron chi connectivity index (χ1n) is 10.6. The van der Waals surface area contributed by atoms with Gasteiger partial charge in [-0.15, -0.1) is 0 Å². The van der Waals surface area contributed by atoms with E-state index in [1.807, 2.05) is 32.9 Å². The maximum atomic E-state index is 13.2. The zero-order valence-electron chi connectivity index (χ0n) is 19.3. The second-order valence-corrected chi connectivity index (χ2v) is 9.81. The molecule has 0 unspecified atom stereocenters. The normalized spacial score (nSPS) is 18.2. The van der Waals surface area contributed by atoms with Crippen molar-refractivity contribution >= 4 is 18.0 Å². The molecule has 1 aliphatic rings. The van der Waals surface area contributed by atoms with Gasteiger partial charge in [0.1, 0.15) is 34.7 Å². The van der Waals surface area contributed by atoms with Gasteiger partial charge in [0, 0.05) is 11.6 Å². The quantitative estimate of drug-likeness (QED) is 0.515. The number of ether oxygens (including phenoxy) is 3. The number of hydrogen-bond acceptors (Lipinski definition) is 6. The number of phenols is 1. The third kappa shape index (κ3) is 5.90. The van der Waals surface area contributed by atoms with Crippen LogP contribution in [0, 0.1) is 0 Å². The van der Waals surface area contributed by atoms with Crippen LogP contribution in [0.2, 0.25) is 0 Å². The Morgan fingerprint density at radius 2 is 1.56 bits per heavy atom. The van der Waals surface area contributed by atoms with Crippen molar-refractivity contribution in [2.24, 2.45) is 0 Å². The van der Waals surface area contributed by atoms with E-state index in [4.69, 9.17) is 14.2 Å². The number of hydrogen-bond donors (Lipinski definition) is 1. The number of carbonyl (C=O) groups excluding carboxylic acids is 2. The lowest BCUT2D eigenvalue weighted by Crippen LogP contribution is -2.29. The molecule has 32 heavy (non-hydrogen) atoms. The number of aromatic hydroxyl groups is 1. The van der Waals surface area contributed by atoms with Crippen molar-refractivity contribution in [2.45, 2.75) is 64.8 Å². The molecular formula is C26H30O6. The predicted molar refractivity (Wildman–Crippen MR) is 121 cm³/mol. The molecule has 0 amide bonds. The van der Waals surface area contributed by atoms with E-state index in [2.05, 4.69) is 0 Å². The van der Waals surface area contributed by atoms with Gasteiger partial charge in [-0.3, -0.25) is 4.79 Å². The second kappa shape index (κ2) is 8.69. The average molecular weight is 439 g/mol. The van der Waals surface area contributed by atoms with Gasteiger partial charge in [0.25, 0.3) is 0 Å². The smallest absolute Gasteiger partial charge is 0.331 e. The minimum absolute atomic E-state index is 0.132. The summed E-state index contributed by atoms with van der Waals surface area (Å²) in [5, 5.41) is 9.63. The fourth-order valence-corrected chi connectivity index (χ4v) is 3.43. The van der Waals surface area contributed by atoms with Gasteiger partial charge in [-0.05, 0) is 83.0 Å². The van der Waals surface area contributed by atoms with Crippen LogP contribution in [0.1, 0.15) is 70.3 Å². The molecule has 0 saturated heterocycles. The summed E-state index contributed by atoms with van der Waals surface area (Å²) in [5.41, 5.74) is 0.933. The Kier molecular flexibility index (Phi) is 6.35. The van der Waals surface area contributed by atoms with E-state index in [9.17, 15) is 14.7 Å². The molecule has 2 atom stereocenters. The highest BCUT2D eigenvalue weighted by atomic mass is 16.6. The SMILES string of the molecule is CC(C)(C)OC(=O)/C=C/c1ccc2c(c1)[C@H](C(=O)OC(C)(C)C)[C@@H](c1ccc(O)cc1)O2. The van der Waals surface area contributed by atoms with Gasteiger partial charge < -0.3 is 19.3 Å². The van der Waals surface area contributed by atoms with Gasteiger partial charge in [-0.1, -0.05) is 18.2 Å². The van der Waals surface area contributed by atoms with Crippen LogP contribution in [-0.2, 0) is 19.1 Å². The van der Waals surface area contributed by atoms with E-state index in [-0.39, 0.29) is 5.75 Å². The van der Waals surface area contributed by atoms with E-state index >= 15 is 0 Å². The summed E-state index contributed by atoms with van der Waals surface area (Å²) >= 11 is 0. The molecule has 1 aliphatic heterocycles. The molecule has 0 aliphatic carbocycles. The standard InChI is InChI=1S/C26H30O6/c1-25(2,3)31-21(28)14-8-16-7-13-20-19(15-16)22(24(29)32-26(4,5)6)23(30-20)17-9-11-18(27)12-10-17/h7-15,22-23,27H,1-6H3/b14-8+/t22-,23+/m0/s1. The third-order valence-electron chi connectivity index (χ3n) is 4.63. The van der Waals surface area contributed by atoms with Crippen LogP contribution in [0.25, 0.3) is 6.08 Å². The van der Waals surface area contributed by atoms with Crippen LogP contribution in [-0.4, -0.2) is 28.2 Å². The Hall–Kier alpha value is -3.28. The summed E-state index contributed by atoms with van der Waals surface area (Å²) in [7, 11) is 0. The monoisotopic (exact) mass is 438 g/mol. The predicted octanol–water partition coefficient (Wildman–Crippen LogP) is 5.31. The van der Waals surface area contributed by atoms with Gasteiger partial charge in [-0.2, -0.15) is 0 Å². The van der Waals surface area contributed by atoms with Crippen molar-refractivity contribution < 1.29 is 28.9 Å². The van der Waals surface area contributed by atoms with E-state index in [0.29, 0.717) is 11.3 Å².